The number of nitrogens with one attached hydrogen (secondary N) is 2. The van der Waals surface area contributed by atoms with Crippen LogP contribution in [0.15, 0.2) is 42.4 Å². The number of anilines is 1. The van der Waals surface area contributed by atoms with E-state index in [0.717, 1.165) is 55.8 Å². The number of rotatable bonds is 5. The summed E-state index contributed by atoms with van der Waals surface area (Å²) in [6.45, 7) is 8.48. The largest absolute Gasteiger partial charge is 0.417 e. The minimum Gasteiger partial charge on any atom is -0.364 e. The quantitative estimate of drug-likeness (QED) is 0.549. The lowest BCUT2D eigenvalue weighted by molar-refractivity contribution is -0.137. The fraction of sp³-hybridized carbons (Fsp3) is 0.545. The number of piperazine rings is 1. The SMILES string of the molecule is C=CNC1=C(C(=N)N2CCN(C3CCC3)CC2)CCN(c2ccc(C(F)(F)F)cn2)C1. The van der Waals surface area contributed by atoms with E-state index in [9.17, 15) is 13.2 Å². The van der Waals surface area contributed by atoms with Crippen LogP contribution in [0.25, 0.3) is 0 Å². The van der Waals surface area contributed by atoms with Gasteiger partial charge in [0.1, 0.15) is 11.7 Å². The van der Waals surface area contributed by atoms with Gasteiger partial charge in [0.2, 0.25) is 0 Å². The predicted octanol–water partition coefficient (Wildman–Crippen LogP) is 3.45. The average Bonchev–Trinajstić information content (AvgIpc) is 2.72. The monoisotopic (exact) mass is 434 g/mol. The summed E-state index contributed by atoms with van der Waals surface area (Å²) in [7, 11) is 0. The van der Waals surface area contributed by atoms with Crippen LogP contribution in [0, 0.1) is 5.41 Å². The van der Waals surface area contributed by atoms with Gasteiger partial charge in [-0.05, 0) is 37.6 Å². The maximum atomic E-state index is 12.8. The Hall–Kier alpha value is -2.55. The molecule has 2 N–H and O–H groups in total. The molecule has 1 saturated heterocycles. The predicted molar refractivity (Wildman–Crippen MR) is 115 cm³/mol. The summed E-state index contributed by atoms with van der Waals surface area (Å²) in [6.07, 6.45) is 2.61. The summed E-state index contributed by atoms with van der Waals surface area (Å²) in [4.78, 5) is 10.6. The zero-order valence-electron chi connectivity index (χ0n) is 17.6. The Morgan fingerprint density at radius 1 is 1.16 bits per heavy atom. The molecule has 2 aliphatic heterocycles. The molecule has 3 heterocycles. The molecular formula is C22H29F3N6. The Kier molecular flexibility index (Phi) is 6.22. The van der Waals surface area contributed by atoms with Crippen LogP contribution in [0.5, 0.6) is 0 Å². The lowest BCUT2D eigenvalue weighted by Gasteiger charge is -2.44. The van der Waals surface area contributed by atoms with Crippen LogP contribution in [0.1, 0.15) is 31.2 Å². The number of hydrogen-bond acceptors (Lipinski definition) is 5. The van der Waals surface area contributed by atoms with Crippen LogP contribution in [0.2, 0.25) is 0 Å². The van der Waals surface area contributed by atoms with Crippen molar-refractivity contribution < 1.29 is 13.2 Å². The number of hydrogen-bond donors (Lipinski definition) is 2. The van der Waals surface area contributed by atoms with Crippen LogP contribution in [0.3, 0.4) is 0 Å². The van der Waals surface area contributed by atoms with Crippen LogP contribution >= 0.6 is 0 Å². The molecule has 0 spiro atoms. The zero-order chi connectivity index (χ0) is 22.0. The van der Waals surface area contributed by atoms with Crippen molar-refractivity contribution in [1.29, 1.82) is 5.41 Å². The van der Waals surface area contributed by atoms with E-state index in [1.165, 1.54) is 25.3 Å². The molecule has 6 nitrogen and oxygen atoms in total. The molecule has 2 fully saturated rings. The number of aromatic nitrogens is 1. The van der Waals surface area contributed by atoms with Gasteiger partial charge >= 0.3 is 6.18 Å². The van der Waals surface area contributed by atoms with Crippen molar-refractivity contribution in [3.8, 4) is 0 Å². The Morgan fingerprint density at radius 2 is 1.90 bits per heavy atom. The molecule has 0 bridgehead atoms. The first-order chi connectivity index (χ1) is 14.9. The van der Waals surface area contributed by atoms with E-state index in [4.69, 9.17) is 5.41 Å². The van der Waals surface area contributed by atoms with Crippen molar-refractivity contribution in [3.63, 3.8) is 0 Å². The standard InChI is InChI=1S/C22H29F3N6/c1-2-27-19-15-31(20-7-6-16(14-28-20)22(23,24)25)9-8-18(19)21(26)30-12-10-29(11-13-30)17-4-3-5-17/h2,6-7,14,17,26-27H,1,3-5,8-13,15H2. The normalized spacial score (nSPS) is 21.1. The highest BCUT2D eigenvalue weighted by Crippen LogP contribution is 2.31. The van der Waals surface area contributed by atoms with E-state index in [-0.39, 0.29) is 0 Å². The molecule has 31 heavy (non-hydrogen) atoms. The van der Waals surface area contributed by atoms with Crippen molar-refractivity contribution in [2.75, 3.05) is 44.2 Å². The molecule has 3 aliphatic rings. The molecule has 168 valence electrons. The minimum atomic E-state index is -4.40. The maximum Gasteiger partial charge on any atom is 0.417 e. The molecule has 1 aliphatic carbocycles. The maximum absolute atomic E-state index is 12.8. The highest BCUT2D eigenvalue weighted by Gasteiger charge is 2.32. The average molecular weight is 435 g/mol. The molecule has 1 aromatic rings. The smallest absolute Gasteiger partial charge is 0.364 e. The first-order valence-corrected chi connectivity index (χ1v) is 10.8. The molecule has 4 rings (SSSR count). The van der Waals surface area contributed by atoms with Crippen molar-refractivity contribution in [2.24, 2.45) is 0 Å². The molecule has 0 aromatic carbocycles. The van der Waals surface area contributed by atoms with E-state index in [1.54, 1.807) is 6.20 Å². The number of halogens is 3. The number of pyridine rings is 1. The van der Waals surface area contributed by atoms with Crippen molar-refractivity contribution in [1.82, 2.24) is 20.1 Å². The van der Waals surface area contributed by atoms with E-state index in [1.807, 2.05) is 4.90 Å². The minimum absolute atomic E-state index is 0.449. The van der Waals surface area contributed by atoms with E-state index >= 15 is 0 Å². The summed E-state index contributed by atoms with van der Waals surface area (Å²) in [5.74, 6) is 1.04. The molecular weight excluding hydrogens is 405 g/mol. The van der Waals surface area contributed by atoms with Crippen LogP contribution < -0.4 is 10.2 Å². The summed E-state index contributed by atoms with van der Waals surface area (Å²) < 4.78 is 38.5. The molecule has 0 atom stereocenters. The van der Waals surface area contributed by atoms with E-state index < -0.39 is 11.7 Å². The van der Waals surface area contributed by atoms with Gasteiger partial charge in [-0.25, -0.2) is 4.98 Å². The highest BCUT2D eigenvalue weighted by molar-refractivity contribution is 5.97. The van der Waals surface area contributed by atoms with Crippen molar-refractivity contribution >= 4 is 11.7 Å². The van der Waals surface area contributed by atoms with Gasteiger partial charge in [-0.15, -0.1) is 0 Å². The second-order valence-electron chi connectivity index (χ2n) is 8.34. The Labute approximate surface area is 180 Å². The Balaban J connectivity index is 1.43. The summed E-state index contributed by atoms with van der Waals surface area (Å²) in [5.41, 5.74) is 1.05. The molecule has 9 heteroatoms. The van der Waals surface area contributed by atoms with E-state index in [2.05, 4.69) is 26.7 Å². The van der Waals surface area contributed by atoms with Crippen LogP contribution in [-0.4, -0.2) is 65.9 Å². The highest BCUT2D eigenvalue weighted by atomic mass is 19.4. The van der Waals surface area contributed by atoms with Gasteiger partial charge in [-0.2, -0.15) is 13.2 Å². The van der Waals surface area contributed by atoms with Crippen molar-refractivity contribution in [2.45, 2.75) is 37.9 Å². The van der Waals surface area contributed by atoms with Gasteiger partial charge in [0.25, 0.3) is 0 Å². The van der Waals surface area contributed by atoms with Gasteiger partial charge in [-0.3, -0.25) is 10.3 Å². The Bertz CT molecular complexity index is 836. The zero-order valence-corrected chi connectivity index (χ0v) is 17.6. The topological polar surface area (TPSA) is 58.5 Å². The fourth-order valence-electron chi connectivity index (χ4n) is 4.47. The fourth-order valence-corrected chi connectivity index (χ4v) is 4.47. The molecule has 0 unspecified atom stereocenters. The van der Waals surface area contributed by atoms with Gasteiger partial charge in [0.05, 0.1) is 12.1 Å². The third-order valence-corrected chi connectivity index (χ3v) is 6.53. The van der Waals surface area contributed by atoms with Crippen LogP contribution in [-0.2, 0) is 6.18 Å². The second kappa shape index (κ2) is 8.90. The Morgan fingerprint density at radius 3 is 2.45 bits per heavy atom. The molecule has 0 radical (unpaired) electrons. The molecule has 1 aromatic heterocycles. The van der Waals surface area contributed by atoms with Gasteiger partial charge in [-0.1, -0.05) is 13.0 Å². The van der Waals surface area contributed by atoms with Crippen molar-refractivity contribution in [3.05, 3.63) is 47.9 Å². The lowest BCUT2D eigenvalue weighted by Crippen LogP contribution is -2.54. The third kappa shape index (κ3) is 4.71. The third-order valence-electron chi connectivity index (χ3n) is 6.53. The number of alkyl halides is 3. The van der Waals surface area contributed by atoms with E-state index in [0.29, 0.717) is 31.2 Å². The van der Waals surface area contributed by atoms with Crippen LogP contribution in [0.4, 0.5) is 19.0 Å². The first-order valence-electron chi connectivity index (χ1n) is 10.8. The summed E-state index contributed by atoms with van der Waals surface area (Å²) in [6, 6.07) is 3.20. The number of amidine groups is 1. The van der Waals surface area contributed by atoms with Gasteiger partial charge < -0.3 is 15.1 Å². The molecule has 1 saturated carbocycles. The lowest BCUT2D eigenvalue weighted by atomic mass is 9.91. The number of nitrogens with zero attached hydrogens (tertiary/aromatic N) is 4. The molecule has 0 amide bonds. The summed E-state index contributed by atoms with van der Waals surface area (Å²) in [5, 5.41) is 12.0. The summed E-state index contributed by atoms with van der Waals surface area (Å²) >= 11 is 0. The van der Waals surface area contributed by atoms with Gasteiger partial charge in [0, 0.05) is 56.2 Å². The second-order valence-corrected chi connectivity index (χ2v) is 8.34. The van der Waals surface area contributed by atoms with Gasteiger partial charge in [0.15, 0.2) is 0 Å². The first kappa shape index (κ1) is 21.7.